The zero-order chi connectivity index (χ0) is 23.4. The highest BCUT2D eigenvalue weighted by Crippen LogP contribution is 2.18. The van der Waals surface area contributed by atoms with Gasteiger partial charge in [-0.2, -0.15) is 0 Å². The van der Waals surface area contributed by atoms with Gasteiger partial charge in [-0.1, -0.05) is 0 Å². The molecule has 2 aliphatic rings. The van der Waals surface area contributed by atoms with Crippen LogP contribution in [0.15, 0.2) is 81.2 Å². The average Bonchev–Trinajstić information content (AvgIpc) is 2.73. The van der Waals surface area contributed by atoms with E-state index in [0.717, 1.165) is 12.2 Å². The van der Waals surface area contributed by atoms with Gasteiger partial charge in [0.1, 0.15) is 11.5 Å². The summed E-state index contributed by atoms with van der Waals surface area (Å²) in [5.74, 6) is -4.67. The lowest BCUT2D eigenvalue weighted by molar-refractivity contribution is -0.133. The van der Waals surface area contributed by atoms with Crippen LogP contribution in [0.25, 0.3) is 0 Å². The van der Waals surface area contributed by atoms with Crippen LogP contribution >= 0.6 is 0 Å². The summed E-state index contributed by atoms with van der Waals surface area (Å²) in [6.45, 7) is 0. The number of amides is 2. The van der Waals surface area contributed by atoms with E-state index in [9.17, 15) is 29.4 Å². The first-order valence-corrected chi connectivity index (χ1v) is 9.16. The molecule has 32 heavy (non-hydrogen) atoms. The maximum Gasteiger partial charge on any atom is 0.339 e. The van der Waals surface area contributed by atoms with Crippen LogP contribution in [0.1, 0.15) is 33.6 Å². The van der Waals surface area contributed by atoms with Gasteiger partial charge in [0.2, 0.25) is 0 Å². The minimum absolute atomic E-state index is 0.159. The monoisotopic (exact) mass is 436 g/mol. The summed E-state index contributed by atoms with van der Waals surface area (Å²) >= 11 is 0. The van der Waals surface area contributed by atoms with Gasteiger partial charge in [0, 0.05) is 24.0 Å². The molecule has 1 aromatic carbocycles. The van der Waals surface area contributed by atoms with Crippen molar-refractivity contribution in [1.29, 1.82) is 0 Å². The molecule has 10 nitrogen and oxygen atoms in total. The standard InChI is InChI=1S/C22H16N2O8/c25-17-9-13(5-7-15(17)21(29)30)23-19(27)11-1-2-12(4-3-11)20(28)24-14-6-8-16(22(31)32)18(26)10-14/h1-8,25-26H,9-10H2,(H,29,30)(H,31,32). The summed E-state index contributed by atoms with van der Waals surface area (Å²) in [5, 5.41) is 37.3. The van der Waals surface area contributed by atoms with Crippen LogP contribution in [0.4, 0.5) is 0 Å². The highest BCUT2D eigenvalue weighted by atomic mass is 16.4. The molecule has 0 fully saturated rings. The minimum atomic E-state index is -1.29. The Morgan fingerprint density at radius 1 is 0.625 bits per heavy atom. The Morgan fingerprint density at radius 3 is 1.25 bits per heavy atom. The minimum Gasteiger partial charge on any atom is -0.511 e. The second-order valence-corrected chi connectivity index (χ2v) is 6.75. The lowest BCUT2D eigenvalue weighted by atomic mass is 10.0. The number of aliphatic imine (C=N–C) groups is 2. The number of rotatable bonds is 4. The predicted molar refractivity (Wildman–Crippen MR) is 112 cm³/mol. The molecule has 2 aliphatic carbocycles. The Morgan fingerprint density at radius 2 is 0.969 bits per heavy atom. The molecule has 1 aromatic rings. The Balaban J connectivity index is 1.69. The first-order chi connectivity index (χ1) is 15.2. The zero-order valence-electron chi connectivity index (χ0n) is 16.3. The van der Waals surface area contributed by atoms with Crippen molar-refractivity contribution in [3.63, 3.8) is 0 Å². The number of carbonyl (C=O) groups excluding carboxylic acids is 2. The van der Waals surface area contributed by atoms with Crippen LogP contribution in [-0.4, -0.2) is 55.6 Å². The van der Waals surface area contributed by atoms with E-state index in [0.29, 0.717) is 0 Å². The van der Waals surface area contributed by atoms with Crippen LogP contribution in [0.5, 0.6) is 0 Å². The molecular formula is C22H16N2O8. The second kappa shape index (κ2) is 9.04. The summed E-state index contributed by atoms with van der Waals surface area (Å²) < 4.78 is 0. The molecule has 0 radical (unpaired) electrons. The third kappa shape index (κ3) is 4.93. The number of carbonyl (C=O) groups is 4. The first-order valence-electron chi connectivity index (χ1n) is 9.16. The molecule has 162 valence electrons. The van der Waals surface area contributed by atoms with E-state index in [1.54, 1.807) is 0 Å². The number of aliphatic carboxylic acids is 2. The van der Waals surface area contributed by atoms with Gasteiger partial charge in [0.05, 0.1) is 22.6 Å². The second-order valence-electron chi connectivity index (χ2n) is 6.75. The van der Waals surface area contributed by atoms with Crippen LogP contribution < -0.4 is 0 Å². The molecule has 0 unspecified atom stereocenters. The lowest BCUT2D eigenvalue weighted by Gasteiger charge is -2.09. The van der Waals surface area contributed by atoms with E-state index >= 15 is 0 Å². The fourth-order valence-corrected chi connectivity index (χ4v) is 2.89. The lowest BCUT2D eigenvalue weighted by Crippen LogP contribution is -2.12. The largest absolute Gasteiger partial charge is 0.511 e. The Hall–Kier alpha value is -4.60. The molecule has 0 spiro atoms. The van der Waals surface area contributed by atoms with E-state index in [-0.39, 0.29) is 46.5 Å². The van der Waals surface area contributed by atoms with Crippen molar-refractivity contribution in [3.8, 4) is 0 Å². The number of aliphatic hydroxyl groups excluding tert-OH is 2. The summed E-state index contributed by atoms with van der Waals surface area (Å²) in [6.07, 6.45) is 4.56. The van der Waals surface area contributed by atoms with E-state index in [2.05, 4.69) is 9.98 Å². The van der Waals surface area contributed by atoms with Crippen LogP contribution in [0.2, 0.25) is 0 Å². The molecule has 2 amide bonds. The molecule has 0 atom stereocenters. The zero-order valence-corrected chi connectivity index (χ0v) is 16.3. The summed E-state index contributed by atoms with van der Waals surface area (Å²) in [4.78, 5) is 54.2. The molecule has 0 saturated carbocycles. The number of hydrogen-bond acceptors (Lipinski definition) is 6. The Bertz CT molecular complexity index is 1120. The maximum absolute atomic E-state index is 12.3. The van der Waals surface area contributed by atoms with E-state index in [1.165, 1.54) is 36.4 Å². The molecular weight excluding hydrogens is 420 g/mol. The molecule has 0 aromatic heterocycles. The fourth-order valence-electron chi connectivity index (χ4n) is 2.89. The smallest absolute Gasteiger partial charge is 0.339 e. The van der Waals surface area contributed by atoms with Gasteiger partial charge in [-0.25, -0.2) is 19.6 Å². The number of carboxylic acids is 2. The third-order valence-electron chi connectivity index (χ3n) is 4.53. The quantitative estimate of drug-likeness (QED) is 0.557. The highest BCUT2D eigenvalue weighted by Gasteiger charge is 2.19. The third-order valence-corrected chi connectivity index (χ3v) is 4.53. The van der Waals surface area contributed by atoms with Crippen molar-refractivity contribution in [1.82, 2.24) is 0 Å². The van der Waals surface area contributed by atoms with Crippen LogP contribution in [-0.2, 0) is 9.59 Å². The van der Waals surface area contributed by atoms with Gasteiger partial charge in [-0.3, -0.25) is 9.59 Å². The van der Waals surface area contributed by atoms with Crippen LogP contribution in [0.3, 0.4) is 0 Å². The van der Waals surface area contributed by atoms with Crippen molar-refractivity contribution < 1.29 is 39.6 Å². The van der Waals surface area contributed by atoms with Gasteiger partial charge >= 0.3 is 11.9 Å². The summed E-state index contributed by atoms with van der Waals surface area (Å²) in [6, 6.07) is 5.45. The van der Waals surface area contributed by atoms with Gasteiger partial charge in [-0.05, 0) is 48.6 Å². The highest BCUT2D eigenvalue weighted by molar-refractivity contribution is 6.12. The molecule has 4 N–H and O–H groups in total. The summed E-state index contributed by atoms with van der Waals surface area (Å²) in [7, 11) is 0. The number of benzene rings is 1. The number of nitrogens with zero attached hydrogens (tertiary/aromatic N) is 2. The van der Waals surface area contributed by atoms with Crippen molar-refractivity contribution in [2.45, 2.75) is 12.8 Å². The normalized spacial score (nSPS) is 18.4. The predicted octanol–water partition coefficient (Wildman–Crippen LogP) is 2.56. The molecule has 0 heterocycles. The number of carboxylic acid groups (broad SMARTS) is 2. The fraction of sp³-hybridized carbons (Fsp3) is 0.0909. The van der Waals surface area contributed by atoms with Gasteiger partial charge in [0.15, 0.2) is 0 Å². The van der Waals surface area contributed by atoms with Gasteiger partial charge in [0.25, 0.3) is 11.8 Å². The topological polar surface area (TPSA) is 174 Å². The number of aliphatic hydroxyl groups is 2. The van der Waals surface area contributed by atoms with Gasteiger partial charge in [-0.15, -0.1) is 0 Å². The van der Waals surface area contributed by atoms with Crippen LogP contribution in [0, 0.1) is 0 Å². The van der Waals surface area contributed by atoms with Crippen molar-refractivity contribution in [2.24, 2.45) is 9.98 Å². The van der Waals surface area contributed by atoms with Crippen molar-refractivity contribution >= 4 is 35.2 Å². The van der Waals surface area contributed by atoms with E-state index < -0.39 is 35.3 Å². The van der Waals surface area contributed by atoms with E-state index in [4.69, 9.17) is 10.2 Å². The van der Waals surface area contributed by atoms with E-state index in [1.807, 2.05) is 0 Å². The number of hydrogen-bond donors (Lipinski definition) is 4. The maximum atomic E-state index is 12.3. The average molecular weight is 436 g/mol. The number of allylic oxidation sites excluding steroid dienone is 4. The van der Waals surface area contributed by atoms with Gasteiger partial charge < -0.3 is 20.4 Å². The summed E-state index contributed by atoms with van der Waals surface area (Å²) in [5.41, 5.74) is 0.149. The molecule has 10 heteroatoms. The SMILES string of the molecule is O=C(O)C1=C(O)CC(=NC(=O)c2ccc(C(=O)N=C3C=CC(C(=O)O)=C(O)C3)cc2)C=C1. The molecule has 0 saturated heterocycles. The first kappa shape index (κ1) is 22.1. The molecule has 0 bridgehead atoms. The Labute approximate surface area is 180 Å². The Kier molecular flexibility index (Phi) is 6.24. The molecule has 0 aliphatic heterocycles. The molecule has 3 rings (SSSR count). The van der Waals surface area contributed by atoms with Crippen molar-refractivity contribution in [3.05, 3.63) is 82.4 Å². The van der Waals surface area contributed by atoms with Crippen molar-refractivity contribution in [2.75, 3.05) is 0 Å².